The van der Waals surface area contributed by atoms with E-state index in [4.69, 9.17) is 5.26 Å². The monoisotopic (exact) mass is 304 g/mol. The molecule has 7 nitrogen and oxygen atoms in total. The van der Waals surface area contributed by atoms with Crippen molar-refractivity contribution in [1.82, 2.24) is 19.6 Å². The summed E-state index contributed by atoms with van der Waals surface area (Å²) >= 11 is 0. The van der Waals surface area contributed by atoms with Crippen LogP contribution in [0.1, 0.15) is 40.5 Å². The van der Waals surface area contributed by atoms with Crippen molar-refractivity contribution in [2.24, 2.45) is 0 Å². The van der Waals surface area contributed by atoms with Gasteiger partial charge in [-0.1, -0.05) is 0 Å². The third-order valence-electron chi connectivity index (χ3n) is 3.77. The Morgan fingerprint density at radius 1 is 1.39 bits per heavy atom. The van der Waals surface area contributed by atoms with Crippen molar-refractivity contribution in [3.63, 3.8) is 0 Å². The smallest absolute Gasteiger partial charge is 0.295 e. The molecular weight excluding hydrogens is 292 g/mol. The van der Waals surface area contributed by atoms with E-state index in [9.17, 15) is 4.79 Å². The molecule has 0 spiro atoms. The second kappa shape index (κ2) is 5.18. The van der Waals surface area contributed by atoms with E-state index in [1.165, 1.54) is 4.52 Å². The van der Waals surface area contributed by atoms with Crippen LogP contribution < -0.4 is 5.32 Å². The van der Waals surface area contributed by atoms with Gasteiger partial charge in [0.25, 0.3) is 11.7 Å². The van der Waals surface area contributed by atoms with Gasteiger partial charge in [-0.05, 0) is 48.6 Å². The molecule has 1 amide bonds. The summed E-state index contributed by atoms with van der Waals surface area (Å²) in [5, 5.41) is 16.0. The summed E-state index contributed by atoms with van der Waals surface area (Å²) in [7, 11) is 0. The minimum Gasteiger partial charge on any atom is -0.319 e. The van der Waals surface area contributed by atoms with Crippen molar-refractivity contribution in [3.8, 4) is 6.07 Å². The molecule has 4 rings (SSSR count). The molecule has 7 heteroatoms. The van der Waals surface area contributed by atoms with Crippen LogP contribution in [0.2, 0.25) is 0 Å². The lowest BCUT2D eigenvalue weighted by Crippen LogP contribution is -2.15. The molecule has 0 atom stereocenters. The number of carbonyl (C=O) groups is 1. The molecule has 1 aliphatic carbocycles. The van der Waals surface area contributed by atoms with Crippen molar-refractivity contribution < 1.29 is 4.79 Å². The van der Waals surface area contributed by atoms with E-state index in [-0.39, 0.29) is 11.7 Å². The summed E-state index contributed by atoms with van der Waals surface area (Å²) in [6, 6.07) is 9.14. The normalized spacial score (nSPS) is 13.7. The molecule has 0 saturated heterocycles. The van der Waals surface area contributed by atoms with Crippen LogP contribution in [-0.4, -0.2) is 25.5 Å². The highest BCUT2D eigenvalue weighted by atomic mass is 16.2. The van der Waals surface area contributed by atoms with Crippen LogP contribution in [0.5, 0.6) is 0 Å². The van der Waals surface area contributed by atoms with E-state index in [1.54, 1.807) is 30.6 Å². The van der Waals surface area contributed by atoms with Gasteiger partial charge >= 0.3 is 0 Å². The van der Waals surface area contributed by atoms with E-state index in [0.717, 1.165) is 18.4 Å². The Labute approximate surface area is 131 Å². The summed E-state index contributed by atoms with van der Waals surface area (Å²) in [5.41, 5.74) is 2.31. The van der Waals surface area contributed by atoms with Crippen LogP contribution in [0.25, 0.3) is 5.78 Å². The van der Waals surface area contributed by atoms with Crippen molar-refractivity contribution in [3.05, 3.63) is 53.6 Å². The number of anilines is 1. The maximum atomic E-state index is 12.4. The Morgan fingerprint density at radius 2 is 2.26 bits per heavy atom. The fourth-order valence-electron chi connectivity index (χ4n) is 2.49. The van der Waals surface area contributed by atoms with E-state index in [1.807, 2.05) is 6.07 Å². The van der Waals surface area contributed by atoms with Gasteiger partial charge in [0.2, 0.25) is 5.82 Å². The third kappa shape index (κ3) is 2.51. The van der Waals surface area contributed by atoms with E-state index < -0.39 is 0 Å². The Bertz CT molecular complexity index is 918. The lowest BCUT2D eigenvalue weighted by molar-refractivity contribution is 0.101. The highest BCUT2D eigenvalue weighted by molar-refractivity contribution is 6.02. The largest absolute Gasteiger partial charge is 0.319 e. The second-order valence-corrected chi connectivity index (χ2v) is 5.44. The standard InChI is InChI=1S/C16H12N6O/c17-9-10-2-5-13(12(8-10)11-3-4-11)19-15(23)14-20-16-18-6-1-7-22(16)21-14/h1-2,5-8,11H,3-4H2,(H,19,23). The fourth-order valence-corrected chi connectivity index (χ4v) is 2.49. The first kappa shape index (κ1) is 13.4. The van der Waals surface area contributed by atoms with E-state index >= 15 is 0 Å². The molecule has 1 aromatic carbocycles. The first-order valence-corrected chi connectivity index (χ1v) is 7.27. The lowest BCUT2D eigenvalue weighted by atomic mass is 10.0. The number of nitriles is 1. The second-order valence-electron chi connectivity index (χ2n) is 5.44. The molecule has 1 N–H and O–H groups in total. The van der Waals surface area contributed by atoms with Gasteiger partial charge in [0, 0.05) is 18.1 Å². The summed E-state index contributed by atoms with van der Waals surface area (Å²) < 4.78 is 1.45. The molecule has 2 aromatic heterocycles. The molecule has 1 fully saturated rings. The molecule has 0 aliphatic heterocycles. The Balaban J connectivity index is 1.65. The first-order valence-electron chi connectivity index (χ1n) is 7.27. The highest BCUT2D eigenvalue weighted by Crippen LogP contribution is 2.43. The third-order valence-corrected chi connectivity index (χ3v) is 3.77. The molecule has 1 aliphatic rings. The number of carbonyl (C=O) groups excluding carboxylic acids is 1. The number of amides is 1. The summed E-state index contributed by atoms with van der Waals surface area (Å²) in [4.78, 5) is 20.5. The van der Waals surface area contributed by atoms with Gasteiger partial charge in [0.1, 0.15) is 0 Å². The van der Waals surface area contributed by atoms with Crippen LogP contribution in [0.4, 0.5) is 5.69 Å². The van der Waals surface area contributed by atoms with Gasteiger partial charge in [-0.25, -0.2) is 9.50 Å². The van der Waals surface area contributed by atoms with Crippen LogP contribution in [0.15, 0.2) is 36.7 Å². The Morgan fingerprint density at radius 3 is 3.00 bits per heavy atom. The maximum absolute atomic E-state index is 12.4. The first-order chi connectivity index (χ1) is 11.2. The fraction of sp³-hybridized carbons (Fsp3) is 0.188. The zero-order chi connectivity index (χ0) is 15.8. The Hall–Kier alpha value is -3.27. The van der Waals surface area contributed by atoms with Crippen LogP contribution in [0.3, 0.4) is 0 Å². The predicted octanol–water partition coefficient (Wildman–Crippen LogP) is 2.13. The van der Waals surface area contributed by atoms with Crippen LogP contribution >= 0.6 is 0 Å². The van der Waals surface area contributed by atoms with E-state index in [0.29, 0.717) is 22.9 Å². The zero-order valence-corrected chi connectivity index (χ0v) is 12.1. The number of rotatable bonds is 3. The molecule has 0 radical (unpaired) electrons. The number of aromatic nitrogens is 4. The highest BCUT2D eigenvalue weighted by Gasteiger charge is 2.27. The van der Waals surface area contributed by atoms with Gasteiger partial charge < -0.3 is 5.32 Å². The number of benzene rings is 1. The molecule has 1 saturated carbocycles. The molecular formula is C16H12N6O. The zero-order valence-electron chi connectivity index (χ0n) is 12.1. The van der Waals surface area contributed by atoms with Crippen molar-refractivity contribution in [2.45, 2.75) is 18.8 Å². The maximum Gasteiger partial charge on any atom is 0.295 e. The van der Waals surface area contributed by atoms with Crippen molar-refractivity contribution >= 4 is 17.4 Å². The average molecular weight is 304 g/mol. The van der Waals surface area contributed by atoms with E-state index in [2.05, 4.69) is 26.5 Å². The minimum atomic E-state index is -0.387. The quantitative estimate of drug-likeness (QED) is 0.799. The van der Waals surface area contributed by atoms with Gasteiger partial charge in [-0.15, -0.1) is 5.10 Å². The van der Waals surface area contributed by atoms with Gasteiger partial charge in [-0.3, -0.25) is 4.79 Å². The molecule has 0 bridgehead atoms. The SMILES string of the molecule is N#Cc1ccc(NC(=O)c2nc3ncccn3n2)c(C2CC2)c1. The summed E-state index contributed by atoms with van der Waals surface area (Å²) in [5.74, 6) is 0.464. The summed E-state index contributed by atoms with van der Waals surface area (Å²) in [6.45, 7) is 0. The topological polar surface area (TPSA) is 96.0 Å². The van der Waals surface area contributed by atoms with Crippen LogP contribution in [-0.2, 0) is 0 Å². The van der Waals surface area contributed by atoms with Crippen molar-refractivity contribution in [2.75, 3.05) is 5.32 Å². The summed E-state index contributed by atoms with van der Waals surface area (Å²) in [6.07, 6.45) is 5.43. The van der Waals surface area contributed by atoms with Crippen molar-refractivity contribution in [1.29, 1.82) is 5.26 Å². The molecule has 112 valence electrons. The lowest BCUT2D eigenvalue weighted by Gasteiger charge is -2.09. The predicted molar refractivity (Wildman–Crippen MR) is 81.9 cm³/mol. The molecule has 3 aromatic rings. The molecule has 23 heavy (non-hydrogen) atoms. The number of nitrogens with one attached hydrogen (secondary N) is 1. The van der Waals surface area contributed by atoms with Gasteiger partial charge in [-0.2, -0.15) is 10.2 Å². The molecule has 2 heterocycles. The number of hydrogen-bond donors (Lipinski definition) is 1. The van der Waals surface area contributed by atoms with Crippen LogP contribution in [0, 0.1) is 11.3 Å². The minimum absolute atomic E-state index is 0.0646. The Kier molecular flexibility index (Phi) is 3.01. The number of hydrogen-bond acceptors (Lipinski definition) is 5. The average Bonchev–Trinajstić information content (AvgIpc) is 3.33. The molecule has 0 unspecified atom stereocenters. The number of nitrogens with zero attached hydrogens (tertiary/aromatic N) is 5. The number of fused-ring (bicyclic) bond motifs is 1. The van der Waals surface area contributed by atoms with Gasteiger partial charge in [0.15, 0.2) is 0 Å². The van der Waals surface area contributed by atoms with Gasteiger partial charge in [0.05, 0.1) is 11.6 Å².